The fourth-order valence-corrected chi connectivity index (χ4v) is 4.40. The molecule has 0 bridgehead atoms. The molecular weight excluding hydrogens is 357 g/mol. The van der Waals surface area contributed by atoms with Gasteiger partial charge in [-0.1, -0.05) is 30.8 Å². The van der Waals surface area contributed by atoms with Crippen molar-refractivity contribution < 1.29 is 9.18 Å². The van der Waals surface area contributed by atoms with Crippen molar-refractivity contribution in [3.8, 4) is 10.4 Å². The SMILES string of the molecule is CCCNC(=O)C(C)Sc1ncnc2cc(-c3ccc(F)cc3)sc12. The lowest BCUT2D eigenvalue weighted by Crippen LogP contribution is -2.31. The van der Waals surface area contributed by atoms with E-state index in [1.807, 2.05) is 19.9 Å². The second kappa shape index (κ2) is 7.93. The number of hydrogen-bond acceptors (Lipinski definition) is 5. The first-order chi connectivity index (χ1) is 12.1. The first-order valence-corrected chi connectivity index (χ1v) is 9.73. The van der Waals surface area contributed by atoms with Gasteiger partial charge in [-0.3, -0.25) is 4.79 Å². The van der Waals surface area contributed by atoms with Crippen LogP contribution in [0.15, 0.2) is 41.7 Å². The Balaban J connectivity index is 1.87. The van der Waals surface area contributed by atoms with Crippen LogP contribution in [0.2, 0.25) is 0 Å². The molecule has 0 fully saturated rings. The van der Waals surface area contributed by atoms with Crippen molar-refractivity contribution in [2.45, 2.75) is 30.5 Å². The Morgan fingerprint density at radius 1 is 1.32 bits per heavy atom. The average Bonchev–Trinajstić information content (AvgIpc) is 3.05. The second-order valence-corrected chi connectivity index (χ2v) is 7.94. The number of thiophene rings is 1. The van der Waals surface area contributed by atoms with E-state index in [0.717, 1.165) is 32.1 Å². The number of thioether (sulfide) groups is 1. The molecule has 1 aromatic carbocycles. The van der Waals surface area contributed by atoms with Crippen LogP contribution in [0.1, 0.15) is 20.3 Å². The van der Waals surface area contributed by atoms with Crippen LogP contribution < -0.4 is 5.32 Å². The highest BCUT2D eigenvalue weighted by Crippen LogP contribution is 2.38. The van der Waals surface area contributed by atoms with Gasteiger partial charge in [-0.05, 0) is 37.1 Å². The summed E-state index contributed by atoms with van der Waals surface area (Å²) in [5.74, 6) is -0.248. The summed E-state index contributed by atoms with van der Waals surface area (Å²) in [4.78, 5) is 21.8. The zero-order valence-electron chi connectivity index (χ0n) is 14.0. The minimum Gasteiger partial charge on any atom is -0.355 e. The zero-order valence-corrected chi connectivity index (χ0v) is 15.6. The van der Waals surface area contributed by atoms with Gasteiger partial charge in [-0.25, -0.2) is 14.4 Å². The number of aromatic nitrogens is 2. The smallest absolute Gasteiger partial charge is 0.233 e. The van der Waals surface area contributed by atoms with E-state index in [2.05, 4.69) is 15.3 Å². The van der Waals surface area contributed by atoms with Gasteiger partial charge in [-0.2, -0.15) is 0 Å². The third kappa shape index (κ3) is 4.16. The van der Waals surface area contributed by atoms with Crippen LogP contribution in [0, 0.1) is 5.82 Å². The molecule has 2 heterocycles. The Bertz CT molecular complexity index is 880. The predicted molar refractivity (Wildman–Crippen MR) is 101 cm³/mol. The van der Waals surface area contributed by atoms with Gasteiger partial charge < -0.3 is 5.32 Å². The number of nitrogens with one attached hydrogen (secondary N) is 1. The fourth-order valence-electron chi connectivity index (χ4n) is 2.29. The van der Waals surface area contributed by atoms with Crippen LogP contribution >= 0.6 is 23.1 Å². The van der Waals surface area contributed by atoms with Crippen molar-refractivity contribution >= 4 is 39.2 Å². The van der Waals surface area contributed by atoms with E-state index in [1.165, 1.54) is 30.2 Å². The van der Waals surface area contributed by atoms with Gasteiger partial charge in [0.05, 0.1) is 15.5 Å². The van der Waals surface area contributed by atoms with Crippen LogP contribution in [0.4, 0.5) is 4.39 Å². The highest BCUT2D eigenvalue weighted by molar-refractivity contribution is 8.00. The molecule has 0 aliphatic heterocycles. The molecule has 0 aliphatic carbocycles. The molecule has 1 unspecified atom stereocenters. The Morgan fingerprint density at radius 3 is 2.80 bits per heavy atom. The third-order valence-corrected chi connectivity index (χ3v) is 6.02. The van der Waals surface area contributed by atoms with Crippen molar-refractivity contribution in [3.63, 3.8) is 0 Å². The molecule has 7 heteroatoms. The molecule has 0 saturated carbocycles. The van der Waals surface area contributed by atoms with E-state index in [9.17, 15) is 9.18 Å². The highest BCUT2D eigenvalue weighted by Gasteiger charge is 2.18. The van der Waals surface area contributed by atoms with Crippen LogP contribution in [0.5, 0.6) is 0 Å². The molecule has 0 radical (unpaired) electrons. The zero-order chi connectivity index (χ0) is 17.8. The lowest BCUT2D eigenvalue weighted by atomic mass is 10.2. The first kappa shape index (κ1) is 17.8. The maximum absolute atomic E-state index is 13.1. The van der Waals surface area contributed by atoms with Gasteiger partial charge in [0.25, 0.3) is 0 Å². The predicted octanol–water partition coefficient (Wildman–Crippen LogP) is 4.50. The molecule has 25 heavy (non-hydrogen) atoms. The number of rotatable bonds is 6. The quantitative estimate of drug-likeness (QED) is 0.509. The van der Waals surface area contributed by atoms with Crippen molar-refractivity contribution in [1.82, 2.24) is 15.3 Å². The largest absolute Gasteiger partial charge is 0.355 e. The van der Waals surface area contributed by atoms with E-state index in [-0.39, 0.29) is 17.0 Å². The maximum Gasteiger partial charge on any atom is 0.233 e. The molecule has 1 amide bonds. The van der Waals surface area contributed by atoms with Gasteiger partial charge in [-0.15, -0.1) is 11.3 Å². The van der Waals surface area contributed by atoms with Crippen LogP contribution in [0.25, 0.3) is 20.7 Å². The summed E-state index contributed by atoms with van der Waals surface area (Å²) >= 11 is 2.98. The van der Waals surface area contributed by atoms with Gasteiger partial charge >= 0.3 is 0 Å². The summed E-state index contributed by atoms with van der Waals surface area (Å²) in [5.41, 5.74) is 1.78. The summed E-state index contributed by atoms with van der Waals surface area (Å²) in [5, 5.41) is 3.46. The Kier molecular flexibility index (Phi) is 5.65. The standard InChI is InChI=1S/C18H18FN3OS2/c1-3-8-20-17(23)11(2)24-18-16-14(21-10-22-18)9-15(25-16)12-4-6-13(19)7-5-12/h4-7,9-11H,3,8H2,1-2H3,(H,20,23). The van der Waals surface area contributed by atoms with Crippen LogP contribution in [-0.4, -0.2) is 27.7 Å². The van der Waals surface area contributed by atoms with E-state index in [0.29, 0.717) is 6.54 Å². The van der Waals surface area contributed by atoms with Gasteiger partial charge in [0.15, 0.2) is 0 Å². The number of halogens is 1. The van der Waals surface area contributed by atoms with Crippen LogP contribution in [-0.2, 0) is 4.79 Å². The van der Waals surface area contributed by atoms with Crippen molar-refractivity contribution in [2.24, 2.45) is 0 Å². The monoisotopic (exact) mass is 375 g/mol. The Hall–Kier alpha value is -1.99. The second-order valence-electron chi connectivity index (χ2n) is 5.56. The molecule has 3 rings (SSSR count). The summed E-state index contributed by atoms with van der Waals surface area (Å²) < 4.78 is 14.1. The van der Waals surface area contributed by atoms with Crippen LogP contribution in [0.3, 0.4) is 0 Å². The van der Waals surface area contributed by atoms with Gasteiger partial charge in [0.2, 0.25) is 5.91 Å². The van der Waals surface area contributed by atoms with Gasteiger partial charge in [0.1, 0.15) is 17.2 Å². The third-order valence-electron chi connectivity index (χ3n) is 3.61. The lowest BCUT2D eigenvalue weighted by Gasteiger charge is -2.10. The van der Waals surface area contributed by atoms with E-state index >= 15 is 0 Å². The van der Waals surface area contributed by atoms with Crippen molar-refractivity contribution in [2.75, 3.05) is 6.54 Å². The molecule has 1 N–H and O–H groups in total. The first-order valence-electron chi connectivity index (χ1n) is 8.03. The number of fused-ring (bicyclic) bond motifs is 1. The van der Waals surface area contributed by atoms with Gasteiger partial charge in [0, 0.05) is 11.4 Å². The number of carbonyl (C=O) groups excluding carboxylic acids is 1. The summed E-state index contributed by atoms with van der Waals surface area (Å²) in [6.07, 6.45) is 2.43. The normalized spacial score (nSPS) is 12.3. The summed E-state index contributed by atoms with van der Waals surface area (Å²) in [6, 6.07) is 8.37. The molecule has 3 aromatic rings. The number of benzene rings is 1. The molecule has 0 aliphatic rings. The molecule has 0 spiro atoms. The maximum atomic E-state index is 13.1. The molecule has 0 saturated heterocycles. The Morgan fingerprint density at radius 2 is 2.08 bits per heavy atom. The molecule has 2 aromatic heterocycles. The minimum atomic E-state index is -0.257. The summed E-state index contributed by atoms with van der Waals surface area (Å²) in [6.45, 7) is 4.57. The van der Waals surface area contributed by atoms with Crippen molar-refractivity contribution in [1.29, 1.82) is 0 Å². The minimum absolute atomic E-state index is 0.00827. The lowest BCUT2D eigenvalue weighted by molar-refractivity contribution is -0.120. The number of hydrogen-bond donors (Lipinski definition) is 1. The summed E-state index contributed by atoms with van der Waals surface area (Å²) in [7, 11) is 0. The Labute approximate surface area is 153 Å². The van der Waals surface area contributed by atoms with E-state index in [4.69, 9.17) is 0 Å². The van der Waals surface area contributed by atoms with Crippen molar-refractivity contribution in [3.05, 3.63) is 42.5 Å². The highest BCUT2D eigenvalue weighted by atomic mass is 32.2. The number of carbonyl (C=O) groups is 1. The van der Waals surface area contributed by atoms with E-state index < -0.39 is 0 Å². The molecular formula is C18H18FN3OS2. The number of amides is 1. The average molecular weight is 375 g/mol. The van der Waals surface area contributed by atoms with E-state index in [1.54, 1.807) is 23.5 Å². The molecule has 1 atom stereocenters. The topological polar surface area (TPSA) is 54.9 Å². The number of nitrogens with zero attached hydrogens (tertiary/aromatic N) is 2. The molecule has 4 nitrogen and oxygen atoms in total. The fraction of sp³-hybridized carbons (Fsp3) is 0.278. The molecule has 130 valence electrons.